The predicted molar refractivity (Wildman–Crippen MR) is 81.4 cm³/mol. The van der Waals surface area contributed by atoms with Crippen LogP contribution in [0.15, 0.2) is 48.9 Å². The zero-order valence-electron chi connectivity index (χ0n) is 11.9. The minimum absolute atomic E-state index is 0.516. The number of ether oxygens (including phenoxy) is 2. The Labute approximate surface area is 123 Å². The highest BCUT2D eigenvalue weighted by atomic mass is 16.5. The number of carbonyl (C=O) groups is 1. The molecule has 0 aliphatic rings. The van der Waals surface area contributed by atoms with Gasteiger partial charge in [-0.25, -0.2) is 0 Å². The van der Waals surface area contributed by atoms with Gasteiger partial charge in [0.25, 0.3) is 0 Å². The lowest BCUT2D eigenvalue weighted by Crippen LogP contribution is -1.97. The summed E-state index contributed by atoms with van der Waals surface area (Å²) in [4.78, 5) is 15.2. The lowest BCUT2D eigenvalue weighted by molar-refractivity contribution is -0.103. The van der Waals surface area contributed by atoms with Gasteiger partial charge < -0.3 is 14.8 Å². The molecule has 5 heteroatoms. The summed E-state index contributed by atoms with van der Waals surface area (Å²) >= 11 is 0. The molecule has 1 aromatic heterocycles. The zero-order chi connectivity index (χ0) is 15.1. The van der Waals surface area contributed by atoms with Crippen molar-refractivity contribution in [3.05, 3.63) is 54.5 Å². The monoisotopic (exact) mass is 284 g/mol. The highest BCUT2D eigenvalue weighted by molar-refractivity contribution is 6.07. The molecule has 0 atom stereocenters. The van der Waals surface area contributed by atoms with Crippen LogP contribution < -0.4 is 14.8 Å². The lowest BCUT2D eigenvalue weighted by atomic mass is 10.1. The molecule has 2 aromatic rings. The molecule has 0 aliphatic heterocycles. The number of hydrogen-bond donors (Lipinski definition) is 1. The molecule has 5 nitrogen and oxygen atoms in total. The molecule has 2 rings (SSSR count). The molecule has 0 bridgehead atoms. The van der Waals surface area contributed by atoms with Gasteiger partial charge in [-0.3, -0.25) is 9.78 Å². The van der Waals surface area contributed by atoms with Gasteiger partial charge in [0, 0.05) is 30.2 Å². The van der Waals surface area contributed by atoms with E-state index in [1.807, 2.05) is 0 Å². The first-order valence-electron chi connectivity index (χ1n) is 6.32. The highest BCUT2D eigenvalue weighted by Crippen LogP contribution is 2.29. The number of allylic oxidation sites excluding steroid dienone is 1. The van der Waals surface area contributed by atoms with Crippen LogP contribution in [0.25, 0.3) is 5.57 Å². The van der Waals surface area contributed by atoms with E-state index in [9.17, 15) is 4.79 Å². The largest absolute Gasteiger partial charge is 0.497 e. The molecule has 1 N–H and O–H groups in total. The van der Waals surface area contributed by atoms with E-state index >= 15 is 0 Å². The maximum absolute atomic E-state index is 11.2. The number of aromatic nitrogens is 1. The fraction of sp³-hybridized carbons (Fsp3) is 0.125. The Hall–Kier alpha value is -2.82. The smallest absolute Gasteiger partial charge is 0.152 e. The van der Waals surface area contributed by atoms with E-state index in [-0.39, 0.29) is 0 Å². The van der Waals surface area contributed by atoms with E-state index in [0.717, 1.165) is 11.8 Å². The average Bonchev–Trinajstić information content (AvgIpc) is 2.56. The number of rotatable bonds is 6. The Balaban J connectivity index is 2.28. The van der Waals surface area contributed by atoms with Crippen LogP contribution in [0.5, 0.6) is 11.5 Å². The summed E-state index contributed by atoms with van der Waals surface area (Å²) < 4.78 is 10.4. The fourth-order valence-corrected chi connectivity index (χ4v) is 1.81. The molecule has 0 saturated heterocycles. The Kier molecular flexibility index (Phi) is 4.93. The van der Waals surface area contributed by atoms with Gasteiger partial charge in [-0.15, -0.1) is 0 Å². The maximum atomic E-state index is 11.2. The number of methoxy groups -OCH3 is 2. The van der Waals surface area contributed by atoms with Crippen LogP contribution in [0.3, 0.4) is 0 Å². The van der Waals surface area contributed by atoms with Crippen LogP contribution in [0, 0.1) is 0 Å². The van der Waals surface area contributed by atoms with Crippen LogP contribution >= 0.6 is 0 Å². The number of nitrogens with one attached hydrogen (secondary N) is 1. The third kappa shape index (κ3) is 3.60. The number of hydrogen-bond acceptors (Lipinski definition) is 5. The fourth-order valence-electron chi connectivity index (χ4n) is 1.81. The van der Waals surface area contributed by atoms with Gasteiger partial charge in [0.2, 0.25) is 0 Å². The number of aldehydes is 1. The molecule has 0 amide bonds. The van der Waals surface area contributed by atoms with Crippen LogP contribution in [0.2, 0.25) is 0 Å². The van der Waals surface area contributed by atoms with E-state index < -0.39 is 0 Å². The van der Waals surface area contributed by atoms with E-state index in [4.69, 9.17) is 9.47 Å². The molecule has 0 saturated carbocycles. The summed E-state index contributed by atoms with van der Waals surface area (Å²) in [5, 5.41) is 3.07. The zero-order valence-corrected chi connectivity index (χ0v) is 11.9. The third-order valence-electron chi connectivity index (χ3n) is 2.93. The quantitative estimate of drug-likeness (QED) is 0.653. The minimum atomic E-state index is 0.516. The van der Waals surface area contributed by atoms with Crippen molar-refractivity contribution in [2.45, 2.75) is 0 Å². The third-order valence-corrected chi connectivity index (χ3v) is 2.93. The second-order valence-corrected chi connectivity index (χ2v) is 4.16. The van der Waals surface area contributed by atoms with Crippen molar-refractivity contribution in [1.29, 1.82) is 0 Å². The minimum Gasteiger partial charge on any atom is -0.497 e. The molecule has 1 heterocycles. The van der Waals surface area contributed by atoms with E-state index in [1.54, 1.807) is 63.1 Å². The molecular weight excluding hydrogens is 268 g/mol. The Morgan fingerprint density at radius 3 is 2.52 bits per heavy atom. The van der Waals surface area contributed by atoms with E-state index in [0.29, 0.717) is 22.8 Å². The number of pyridine rings is 1. The van der Waals surface area contributed by atoms with Gasteiger partial charge in [-0.05, 0) is 29.8 Å². The summed E-state index contributed by atoms with van der Waals surface area (Å²) in [6.07, 6.45) is 5.69. The van der Waals surface area contributed by atoms with Gasteiger partial charge in [-0.2, -0.15) is 0 Å². The van der Waals surface area contributed by atoms with Gasteiger partial charge in [0.05, 0.1) is 19.9 Å². The van der Waals surface area contributed by atoms with Crippen molar-refractivity contribution in [3.8, 4) is 11.5 Å². The topological polar surface area (TPSA) is 60.5 Å². The standard InChI is InChI=1S/C16H16N2O3/c1-20-14-3-4-16(21-2)15(9-14)18-10-13(11-19)12-5-7-17-8-6-12/h3-11,18H,1-2H3/b13-10-. The average molecular weight is 284 g/mol. The van der Waals surface area contributed by atoms with Crippen molar-refractivity contribution in [1.82, 2.24) is 4.98 Å². The van der Waals surface area contributed by atoms with Gasteiger partial charge in [0.15, 0.2) is 6.29 Å². The number of anilines is 1. The summed E-state index contributed by atoms with van der Waals surface area (Å²) in [5.41, 5.74) is 2.02. The van der Waals surface area contributed by atoms with Crippen LogP contribution in [0.4, 0.5) is 5.69 Å². The van der Waals surface area contributed by atoms with Gasteiger partial charge in [-0.1, -0.05) is 0 Å². The molecule has 0 unspecified atom stereocenters. The number of nitrogens with zero attached hydrogens (tertiary/aromatic N) is 1. The SMILES string of the molecule is COc1ccc(OC)c(N/C=C(/C=O)c2ccncc2)c1. The van der Waals surface area contributed by atoms with Crippen molar-refractivity contribution in [2.75, 3.05) is 19.5 Å². The van der Waals surface area contributed by atoms with Gasteiger partial charge in [0.1, 0.15) is 11.5 Å². The molecular formula is C16H16N2O3. The van der Waals surface area contributed by atoms with Crippen LogP contribution in [-0.4, -0.2) is 25.5 Å². The summed E-state index contributed by atoms with van der Waals surface area (Å²) in [6.45, 7) is 0. The van der Waals surface area contributed by atoms with Crippen LogP contribution in [-0.2, 0) is 4.79 Å². The molecule has 21 heavy (non-hydrogen) atoms. The summed E-state index contributed by atoms with van der Waals surface area (Å²) in [5.74, 6) is 1.36. The van der Waals surface area contributed by atoms with Crippen molar-refractivity contribution < 1.29 is 14.3 Å². The van der Waals surface area contributed by atoms with Crippen molar-refractivity contribution in [2.24, 2.45) is 0 Å². The molecule has 1 aromatic carbocycles. The molecule has 0 spiro atoms. The second-order valence-electron chi connectivity index (χ2n) is 4.16. The highest BCUT2D eigenvalue weighted by Gasteiger charge is 2.05. The normalized spacial score (nSPS) is 10.9. The first-order valence-corrected chi connectivity index (χ1v) is 6.32. The summed E-state index contributed by atoms with van der Waals surface area (Å²) in [7, 11) is 3.18. The first kappa shape index (κ1) is 14.6. The Morgan fingerprint density at radius 2 is 1.90 bits per heavy atom. The lowest BCUT2D eigenvalue weighted by Gasteiger charge is -2.10. The van der Waals surface area contributed by atoms with Crippen molar-refractivity contribution in [3.63, 3.8) is 0 Å². The summed E-state index contributed by atoms with van der Waals surface area (Å²) in [6, 6.07) is 8.93. The number of benzene rings is 1. The second kappa shape index (κ2) is 7.09. The maximum Gasteiger partial charge on any atom is 0.152 e. The van der Waals surface area contributed by atoms with Gasteiger partial charge >= 0.3 is 0 Å². The van der Waals surface area contributed by atoms with Crippen LogP contribution in [0.1, 0.15) is 5.56 Å². The van der Waals surface area contributed by atoms with Crippen molar-refractivity contribution >= 4 is 17.5 Å². The Morgan fingerprint density at radius 1 is 1.14 bits per heavy atom. The molecule has 0 aliphatic carbocycles. The molecule has 0 fully saturated rings. The van der Waals surface area contributed by atoms with E-state index in [2.05, 4.69) is 10.3 Å². The molecule has 108 valence electrons. The Bertz CT molecular complexity index is 639. The molecule has 0 radical (unpaired) electrons. The number of carbonyl (C=O) groups excluding carboxylic acids is 1. The first-order chi connectivity index (χ1) is 10.3. The van der Waals surface area contributed by atoms with E-state index in [1.165, 1.54) is 0 Å². The predicted octanol–water partition coefficient (Wildman–Crippen LogP) is 2.75.